The fourth-order valence-electron chi connectivity index (χ4n) is 2.59. The van der Waals surface area contributed by atoms with Crippen LogP contribution >= 0.6 is 0 Å². The highest BCUT2D eigenvalue weighted by atomic mass is 16.5. The summed E-state index contributed by atoms with van der Waals surface area (Å²) in [4.78, 5) is 4.36. The van der Waals surface area contributed by atoms with Crippen molar-refractivity contribution in [3.05, 3.63) is 24.3 Å². The molecule has 0 spiro atoms. The first-order chi connectivity index (χ1) is 9.81. The molecule has 2 aromatic rings. The van der Waals surface area contributed by atoms with Gasteiger partial charge in [-0.15, -0.1) is 0 Å². The van der Waals surface area contributed by atoms with Crippen LogP contribution in [0, 0.1) is 0 Å². The standard InChI is InChI=1S/C15H21N3O2/c16-11-5-7-12(8-6-11)19-10-9-17-15-18-13-3-1-2-4-14(13)20-15/h1-4,11-12H,5-10,16H2,(H,17,18). The SMILES string of the molecule is NC1CCC(OCCNc2nc3ccccc3o2)CC1. The predicted molar refractivity (Wildman–Crippen MR) is 78.7 cm³/mol. The third kappa shape index (κ3) is 3.29. The molecular formula is C15H21N3O2. The first-order valence-electron chi connectivity index (χ1n) is 7.28. The van der Waals surface area contributed by atoms with Gasteiger partial charge in [-0.25, -0.2) is 0 Å². The molecule has 0 amide bonds. The number of nitrogens with one attached hydrogen (secondary N) is 1. The minimum atomic E-state index is 0.361. The number of para-hydroxylation sites is 2. The molecule has 0 atom stereocenters. The lowest BCUT2D eigenvalue weighted by Gasteiger charge is -2.26. The van der Waals surface area contributed by atoms with Crippen LogP contribution in [0.15, 0.2) is 28.7 Å². The zero-order chi connectivity index (χ0) is 13.8. The summed E-state index contributed by atoms with van der Waals surface area (Å²) in [5.74, 6) is 0. The maximum absolute atomic E-state index is 5.88. The largest absolute Gasteiger partial charge is 0.424 e. The summed E-state index contributed by atoms with van der Waals surface area (Å²) in [7, 11) is 0. The Labute approximate surface area is 118 Å². The van der Waals surface area contributed by atoms with E-state index in [2.05, 4.69) is 10.3 Å². The molecule has 5 nitrogen and oxygen atoms in total. The molecular weight excluding hydrogens is 254 g/mol. The van der Waals surface area contributed by atoms with Crippen LogP contribution in [0.4, 0.5) is 6.01 Å². The predicted octanol–water partition coefficient (Wildman–Crippen LogP) is 2.53. The number of benzene rings is 1. The first kappa shape index (κ1) is 13.4. The Morgan fingerprint density at radius 2 is 2.05 bits per heavy atom. The monoisotopic (exact) mass is 275 g/mol. The molecule has 0 radical (unpaired) electrons. The summed E-state index contributed by atoms with van der Waals surface area (Å²) < 4.78 is 11.4. The van der Waals surface area contributed by atoms with Crippen LogP contribution in [-0.4, -0.2) is 30.3 Å². The molecule has 108 valence electrons. The van der Waals surface area contributed by atoms with E-state index in [4.69, 9.17) is 14.9 Å². The van der Waals surface area contributed by atoms with Crippen LogP contribution < -0.4 is 11.1 Å². The lowest BCUT2D eigenvalue weighted by atomic mass is 9.94. The molecule has 0 aliphatic heterocycles. The van der Waals surface area contributed by atoms with Gasteiger partial charge in [0.1, 0.15) is 5.52 Å². The fourth-order valence-corrected chi connectivity index (χ4v) is 2.59. The number of nitrogens with two attached hydrogens (primary N) is 1. The number of nitrogens with zero attached hydrogens (tertiary/aromatic N) is 1. The third-order valence-electron chi connectivity index (χ3n) is 3.74. The van der Waals surface area contributed by atoms with Crippen LogP contribution in [0.1, 0.15) is 25.7 Å². The molecule has 20 heavy (non-hydrogen) atoms. The Bertz CT molecular complexity index is 514. The van der Waals surface area contributed by atoms with Gasteiger partial charge in [0, 0.05) is 12.6 Å². The van der Waals surface area contributed by atoms with Crippen molar-refractivity contribution in [3.63, 3.8) is 0 Å². The van der Waals surface area contributed by atoms with Gasteiger partial charge in [-0.1, -0.05) is 12.1 Å². The van der Waals surface area contributed by atoms with Gasteiger partial charge in [0.2, 0.25) is 0 Å². The maximum atomic E-state index is 5.88. The van der Waals surface area contributed by atoms with Crippen molar-refractivity contribution in [2.75, 3.05) is 18.5 Å². The summed E-state index contributed by atoms with van der Waals surface area (Å²) >= 11 is 0. The number of aromatic nitrogens is 1. The van der Waals surface area contributed by atoms with E-state index < -0.39 is 0 Å². The van der Waals surface area contributed by atoms with Crippen LogP contribution in [0.5, 0.6) is 0 Å². The fraction of sp³-hybridized carbons (Fsp3) is 0.533. The molecule has 1 aromatic carbocycles. The second-order valence-corrected chi connectivity index (χ2v) is 5.32. The van der Waals surface area contributed by atoms with E-state index in [0.29, 0.717) is 31.3 Å². The van der Waals surface area contributed by atoms with Crippen LogP contribution in [-0.2, 0) is 4.74 Å². The summed E-state index contributed by atoms with van der Waals surface area (Å²) in [5, 5.41) is 3.15. The number of ether oxygens (including phenoxy) is 1. The molecule has 0 bridgehead atoms. The minimum Gasteiger partial charge on any atom is -0.424 e. The summed E-state index contributed by atoms with van der Waals surface area (Å²) in [6.45, 7) is 1.37. The number of hydrogen-bond acceptors (Lipinski definition) is 5. The van der Waals surface area contributed by atoms with Gasteiger partial charge in [0.15, 0.2) is 5.58 Å². The number of anilines is 1. The zero-order valence-corrected chi connectivity index (χ0v) is 11.5. The number of hydrogen-bond donors (Lipinski definition) is 2. The van der Waals surface area contributed by atoms with Crippen LogP contribution in [0.2, 0.25) is 0 Å². The summed E-state index contributed by atoms with van der Waals surface area (Å²) in [6.07, 6.45) is 4.65. The molecule has 3 N–H and O–H groups in total. The van der Waals surface area contributed by atoms with E-state index in [9.17, 15) is 0 Å². The van der Waals surface area contributed by atoms with Crippen molar-refractivity contribution in [1.82, 2.24) is 4.98 Å². The van der Waals surface area contributed by atoms with Crippen molar-refractivity contribution in [2.45, 2.75) is 37.8 Å². The van der Waals surface area contributed by atoms with Crippen molar-refractivity contribution in [3.8, 4) is 0 Å². The molecule has 1 aliphatic rings. The molecule has 1 fully saturated rings. The Balaban J connectivity index is 1.41. The van der Waals surface area contributed by atoms with Gasteiger partial charge in [-0.3, -0.25) is 0 Å². The number of oxazole rings is 1. The lowest BCUT2D eigenvalue weighted by molar-refractivity contribution is 0.0311. The van der Waals surface area contributed by atoms with Crippen molar-refractivity contribution < 1.29 is 9.15 Å². The highest BCUT2D eigenvalue weighted by Crippen LogP contribution is 2.20. The Kier molecular flexibility index (Phi) is 4.18. The quantitative estimate of drug-likeness (QED) is 0.820. The number of fused-ring (bicyclic) bond motifs is 1. The Morgan fingerprint density at radius 3 is 2.85 bits per heavy atom. The second-order valence-electron chi connectivity index (χ2n) is 5.32. The highest BCUT2D eigenvalue weighted by Gasteiger charge is 2.18. The molecule has 0 unspecified atom stereocenters. The average molecular weight is 275 g/mol. The van der Waals surface area contributed by atoms with E-state index in [1.54, 1.807) is 0 Å². The Morgan fingerprint density at radius 1 is 1.25 bits per heavy atom. The first-order valence-corrected chi connectivity index (χ1v) is 7.28. The Hall–Kier alpha value is -1.59. The maximum Gasteiger partial charge on any atom is 0.295 e. The smallest absolute Gasteiger partial charge is 0.295 e. The van der Waals surface area contributed by atoms with E-state index in [0.717, 1.165) is 36.8 Å². The van der Waals surface area contributed by atoms with Gasteiger partial charge in [-0.05, 0) is 37.8 Å². The normalized spacial score (nSPS) is 23.1. The van der Waals surface area contributed by atoms with E-state index in [1.165, 1.54) is 0 Å². The van der Waals surface area contributed by atoms with Gasteiger partial charge >= 0.3 is 0 Å². The van der Waals surface area contributed by atoms with Crippen LogP contribution in [0.25, 0.3) is 11.1 Å². The van der Waals surface area contributed by atoms with Gasteiger partial charge in [0.05, 0.1) is 12.7 Å². The van der Waals surface area contributed by atoms with Gasteiger partial charge in [-0.2, -0.15) is 4.98 Å². The topological polar surface area (TPSA) is 73.3 Å². The minimum absolute atomic E-state index is 0.361. The molecule has 5 heteroatoms. The third-order valence-corrected chi connectivity index (χ3v) is 3.74. The van der Waals surface area contributed by atoms with E-state index >= 15 is 0 Å². The molecule has 1 saturated carbocycles. The van der Waals surface area contributed by atoms with E-state index in [1.807, 2.05) is 24.3 Å². The number of rotatable bonds is 5. The second kappa shape index (κ2) is 6.24. The van der Waals surface area contributed by atoms with Crippen molar-refractivity contribution >= 4 is 17.1 Å². The van der Waals surface area contributed by atoms with Crippen molar-refractivity contribution in [2.24, 2.45) is 5.73 Å². The zero-order valence-electron chi connectivity index (χ0n) is 11.5. The highest BCUT2D eigenvalue weighted by molar-refractivity contribution is 5.74. The van der Waals surface area contributed by atoms with Crippen molar-refractivity contribution in [1.29, 1.82) is 0 Å². The summed E-state index contributed by atoms with van der Waals surface area (Å²) in [5.41, 5.74) is 7.55. The van der Waals surface area contributed by atoms with Gasteiger partial charge < -0.3 is 20.2 Å². The van der Waals surface area contributed by atoms with Crippen LogP contribution in [0.3, 0.4) is 0 Å². The molecule has 1 heterocycles. The summed E-state index contributed by atoms with van der Waals surface area (Å²) in [6, 6.07) is 8.66. The average Bonchev–Trinajstić information content (AvgIpc) is 2.88. The molecule has 3 rings (SSSR count). The molecule has 0 saturated heterocycles. The lowest BCUT2D eigenvalue weighted by Crippen LogP contribution is -2.31. The molecule has 1 aromatic heterocycles. The molecule has 1 aliphatic carbocycles. The van der Waals surface area contributed by atoms with E-state index in [-0.39, 0.29) is 0 Å². The van der Waals surface area contributed by atoms with Gasteiger partial charge in [0.25, 0.3) is 6.01 Å².